The molecule has 1 heterocycles. The van der Waals surface area contributed by atoms with Crippen LogP contribution < -0.4 is 5.32 Å². The number of halogens is 2. The summed E-state index contributed by atoms with van der Waals surface area (Å²) in [6.07, 6.45) is 0.898. The van der Waals surface area contributed by atoms with E-state index in [0.29, 0.717) is 12.1 Å². The van der Waals surface area contributed by atoms with Crippen molar-refractivity contribution in [2.75, 3.05) is 5.32 Å². The van der Waals surface area contributed by atoms with Crippen molar-refractivity contribution in [3.05, 3.63) is 44.1 Å². The van der Waals surface area contributed by atoms with E-state index in [-0.39, 0.29) is 0 Å². The maximum Gasteiger partial charge on any atom is 0.0992 e. The lowest BCUT2D eigenvalue weighted by molar-refractivity contribution is 0.706. The second-order valence-electron chi connectivity index (χ2n) is 4.34. The Morgan fingerprint density at radius 1 is 1.40 bits per heavy atom. The number of rotatable bonds is 4. The van der Waals surface area contributed by atoms with E-state index in [1.807, 2.05) is 17.8 Å². The lowest BCUT2D eigenvalue weighted by atomic mass is 10.2. The van der Waals surface area contributed by atoms with Gasteiger partial charge in [0, 0.05) is 17.2 Å². The highest BCUT2D eigenvalue weighted by atomic mass is 79.9. The van der Waals surface area contributed by atoms with Crippen molar-refractivity contribution in [1.29, 1.82) is 5.26 Å². The molecule has 2 rings (SSSR count). The second-order valence-corrected chi connectivity index (χ2v) is 5.99. The van der Waals surface area contributed by atoms with Crippen molar-refractivity contribution >= 4 is 37.5 Å². The topological polar surface area (TPSA) is 53.6 Å². The van der Waals surface area contributed by atoms with Gasteiger partial charge in [0.1, 0.15) is 0 Å². The van der Waals surface area contributed by atoms with Gasteiger partial charge in [-0.05, 0) is 56.5 Å². The summed E-state index contributed by atoms with van der Waals surface area (Å²) in [5.41, 5.74) is 3.74. The van der Waals surface area contributed by atoms with Crippen LogP contribution in [0.4, 0.5) is 5.69 Å². The van der Waals surface area contributed by atoms with E-state index in [1.54, 1.807) is 12.1 Å². The summed E-state index contributed by atoms with van der Waals surface area (Å²) in [7, 11) is 1.94. The van der Waals surface area contributed by atoms with E-state index < -0.39 is 0 Å². The smallest absolute Gasteiger partial charge is 0.0992 e. The number of hydrogen-bond donors (Lipinski definition) is 1. The maximum absolute atomic E-state index is 8.85. The average Bonchev–Trinajstić information content (AvgIpc) is 2.72. The van der Waals surface area contributed by atoms with Crippen LogP contribution in [0.2, 0.25) is 0 Å². The molecular formula is C14H14Br2N4. The maximum atomic E-state index is 8.85. The Kier molecular flexibility index (Phi) is 4.84. The Bertz CT molecular complexity index is 671. The molecule has 0 saturated carbocycles. The normalized spacial score (nSPS) is 10.3. The molecule has 0 aliphatic rings. The second kappa shape index (κ2) is 6.42. The van der Waals surface area contributed by atoms with Gasteiger partial charge in [-0.3, -0.25) is 4.68 Å². The number of benzene rings is 1. The van der Waals surface area contributed by atoms with Gasteiger partial charge < -0.3 is 5.32 Å². The monoisotopic (exact) mass is 396 g/mol. The van der Waals surface area contributed by atoms with Crippen LogP contribution in [0.3, 0.4) is 0 Å². The number of aryl methyl sites for hydroxylation is 2. The fourth-order valence-corrected chi connectivity index (χ4v) is 3.19. The third-order valence-electron chi connectivity index (χ3n) is 3.05. The first-order valence-electron chi connectivity index (χ1n) is 6.20. The van der Waals surface area contributed by atoms with E-state index in [0.717, 1.165) is 32.4 Å². The van der Waals surface area contributed by atoms with Crippen LogP contribution in [0.1, 0.15) is 23.9 Å². The van der Waals surface area contributed by atoms with Crippen molar-refractivity contribution in [2.24, 2.45) is 7.05 Å². The van der Waals surface area contributed by atoms with Gasteiger partial charge in [-0.1, -0.05) is 6.92 Å². The summed E-state index contributed by atoms with van der Waals surface area (Å²) < 4.78 is 3.82. The van der Waals surface area contributed by atoms with Crippen LogP contribution in [0.15, 0.2) is 27.1 Å². The third kappa shape index (κ3) is 3.05. The number of hydrogen-bond acceptors (Lipinski definition) is 3. The quantitative estimate of drug-likeness (QED) is 0.848. The zero-order valence-corrected chi connectivity index (χ0v) is 14.4. The van der Waals surface area contributed by atoms with Crippen LogP contribution >= 0.6 is 31.9 Å². The molecule has 0 unspecified atom stereocenters. The first-order valence-corrected chi connectivity index (χ1v) is 7.79. The molecule has 0 atom stereocenters. The summed E-state index contributed by atoms with van der Waals surface area (Å²) >= 11 is 7.07. The first kappa shape index (κ1) is 15.1. The van der Waals surface area contributed by atoms with E-state index in [4.69, 9.17) is 5.26 Å². The van der Waals surface area contributed by atoms with Gasteiger partial charge in [-0.25, -0.2) is 0 Å². The molecule has 1 N–H and O–H groups in total. The molecule has 0 aliphatic carbocycles. The number of nitriles is 1. The molecule has 0 amide bonds. The highest BCUT2D eigenvalue weighted by Crippen LogP contribution is 2.26. The Hall–Kier alpha value is -1.32. The summed E-state index contributed by atoms with van der Waals surface area (Å²) in [6.45, 7) is 2.75. The molecule has 0 radical (unpaired) electrons. The minimum atomic E-state index is 0.636. The number of aromatic nitrogens is 2. The molecule has 0 bridgehead atoms. The fraction of sp³-hybridized carbons (Fsp3) is 0.286. The standard InChI is InChI=1S/C14H14Br2N4/c1-3-11-14(16)13(20(2)19-11)8-18-12-5-4-9(7-17)6-10(12)15/h4-6,18H,3,8H2,1-2H3. The number of nitrogens with one attached hydrogen (secondary N) is 1. The van der Waals surface area contributed by atoms with Gasteiger partial charge in [-0.15, -0.1) is 0 Å². The summed E-state index contributed by atoms with van der Waals surface area (Å²) in [5.74, 6) is 0. The first-order chi connectivity index (χ1) is 9.56. The number of anilines is 1. The summed E-state index contributed by atoms with van der Waals surface area (Å²) in [4.78, 5) is 0. The predicted molar refractivity (Wildman–Crippen MR) is 86.5 cm³/mol. The van der Waals surface area contributed by atoms with Gasteiger partial charge in [0.25, 0.3) is 0 Å². The molecular weight excluding hydrogens is 384 g/mol. The molecule has 1 aromatic carbocycles. The minimum Gasteiger partial charge on any atom is -0.378 e. The van der Waals surface area contributed by atoms with Gasteiger partial charge in [0.15, 0.2) is 0 Å². The molecule has 0 spiro atoms. The largest absolute Gasteiger partial charge is 0.378 e. The van der Waals surface area contributed by atoms with E-state index in [2.05, 4.69) is 55.3 Å². The molecule has 0 saturated heterocycles. The minimum absolute atomic E-state index is 0.636. The molecule has 0 fully saturated rings. The Morgan fingerprint density at radius 2 is 2.15 bits per heavy atom. The molecule has 104 valence electrons. The lowest BCUT2D eigenvalue weighted by Gasteiger charge is -2.09. The van der Waals surface area contributed by atoms with Gasteiger partial charge >= 0.3 is 0 Å². The molecule has 4 nitrogen and oxygen atoms in total. The highest BCUT2D eigenvalue weighted by Gasteiger charge is 2.12. The van der Waals surface area contributed by atoms with Crippen LogP contribution in [-0.4, -0.2) is 9.78 Å². The third-order valence-corrected chi connectivity index (χ3v) is 4.62. The number of nitrogens with zero attached hydrogens (tertiary/aromatic N) is 3. The van der Waals surface area contributed by atoms with Crippen molar-refractivity contribution in [2.45, 2.75) is 19.9 Å². The van der Waals surface area contributed by atoms with Crippen molar-refractivity contribution in [3.8, 4) is 6.07 Å². The fourth-order valence-electron chi connectivity index (χ4n) is 1.92. The van der Waals surface area contributed by atoms with Crippen LogP contribution in [0, 0.1) is 11.3 Å². The molecule has 2 aromatic rings. The molecule has 1 aromatic heterocycles. The van der Waals surface area contributed by atoms with Crippen LogP contribution in [-0.2, 0) is 20.0 Å². The van der Waals surface area contributed by atoms with Crippen molar-refractivity contribution in [1.82, 2.24) is 9.78 Å². The van der Waals surface area contributed by atoms with Crippen LogP contribution in [0.25, 0.3) is 0 Å². The zero-order valence-electron chi connectivity index (χ0n) is 11.2. The summed E-state index contributed by atoms with van der Waals surface area (Å²) in [5, 5.41) is 16.7. The van der Waals surface area contributed by atoms with Crippen molar-refractivity contribution < 1.29 is 0 Å². The van der Waals surface area contributed by atoms with E-state index >= 15 is 0 Å². The average molecular weight is 398 g/mol. The van der Waals surface area contributed by atoms with E-state index in [1.165, 1.54) is 0 Å². The Labute approximate surface area is 135 Å². The van der Waals surface area contributed by atoms with Crippen molar-refractivity contribution in [3.63, 3.8) is 0 Å². The Balaban J connectivity index is 2.17. The predicted octanol–water partition coefficient (Wildman–Crippen LogP) is 3.99. The van der Waals surface area contributed by atoms with Gasteiger partial charge in [0.05, 0.1) is 34.0 Å². The SMILES string of the molecule is CCc1nn(C)c(CNc2ccc(C#N)cc2Br)c1Br. The zero-order chi connectivity index (χ0) is 14.7. The van der Waals surface area contributed by atoms with Gasteiger partial charge in [0.2, 0.25) is 0 Å². The summed E-state index contributed by atoms with van der Waals surface area (Å²) in [6, 6.07) is 7.61. The molecule has 0 aliphatic heterocycles. The Morgan fingerprint density at radius 3 is 2.70 bits per heavy atom. The highest BCUT2D eigenvalue weighted by molar-refractivity contribution is 9.11. The van der Waals surface area contributed by atoms with Crippen LogP contribution in [0.5, 0.6) is 0 Å². The van der Waals surface area contributed by atoms with E-state index in [9.17, 15) is 0 Å². The molecule has 20 heavy (non-hydrogen) atoms. The van der Waals surface area contributed by atoms with Gasteiger partial charge in [-0.2, -0.15) is 10.4 Å². The molecule has 6 heteroatoms. The lowest BCUT2D eigenvalue weighted by Crippen LogP contribution is -2.06.